The number of ether oxygens (including phenoxy) is 2. The van der Waals surface area contributed by atoms with E-state index in [-0.39, 0.29) is 6.04 Å². The van der Waals surface area contributed by atoms with Crippen LogP contribution in [0.15, 0.2) is 18.2 Å². The van der Waals surface area contributed by atoms with E-state index < -0.39 is 0 Å². The minimum absolute atomic E-state index is 0.113. The molecule has 1 rings (SSSR count). The van der Waals surface area contributed by atoms with Crippen LogP contribution in [0.1, 0.15) is 18.5 Å². The Balaban J connectivity index is 2.61. The Bertz CT molecular complexity index is 361. The Morgan fingerprint density at radius 1 is 1.22 bits per heavy atom. The van der Waals surface area contributed by atoms with E-state index in [0.29, 0.717) is 29.9 Å². The third-order valence-electron chi connectivity index (χ3n) is 2.51. The summed E-state index contributed by atoms with van der Waals surface area (Å²) in [6.07, 6.45) is 0. The van der Waals surface area contributed by atoms with Crippen molar-refractivity contribution in [3.63, 3.8) is 0 Å². The van der Waals surface area contributed by atoms with Crippen LogP contribution in [0.4, 0.5) is 0 Å². The normalized spacial score (nSPS) is 12.7. The maximum atomic E-state index is 6.02. The Labute approximate surface area is 118 Å². The SMILES string of the molecule is CCNC(COCCOC)c1ccc(Cl)c(Cl)c1. The number of hydrogen-bond acceptors (Lipinski definition) is 3. The predicted octanol–water partition coefficient (Wildman–Crippen LogP) is 3.31. The first kappa shape index (κ1) is 15.7. The smallest absolute Gasteiger partial charge is 0.0701 e. The highest BCUT2D eigenvalue weighted by Crippen LogP contribution is 2.25. The van der Waals surface area contributed by atoms with E-state index in [1.165, 1.54) is 0 Å². The van der Waals surface area contributed by atoms with Gasteiger partial charge < -0.3 is 14.8 Å². The monoisotopic (exact) mass is 291 g/mol. The van der Waals surface area contributed by atoms with Crippen molar-refractivity contribution in [1.29, 1.82) is 0 Å². The number of halogens is 2. The summed E-state index contributed by atoms with van der Waals surface area (Å²) in [5, 5.41) is 4.48. The van der Waals surface area contributed by atoms with Gasteiger partial charge in [-0.1, -0.05) is 36.2 Å². The number of methoxy groups -OCH3 is 1. The predicted molar refractivity (Wildman–Crippen MR) is 75.6 cm³/mol. The Morgan fingerprint density at radius 2 is 2.00 bits per heavy atom. The molecule has 0 aliphatic heterocycles. The quantitative estimate of drug-likeness (QED) is 0.746. The lowest BCUT2D eigenvalue weighted by Gasteiger charge is -2.19. The number of nitrogens with one attached hydrogen (secondary N) is 1. The molecule has 0 aliphatic carbocycles. The van der Waals surface area contributed by atoms with Crippen LogP contribution in [0, 0.1) is 0 Å². The topological polar surface area (TPSA) is 30.5 Å². The van der Waals surface area contributed by atoms with E-state index in [2.05, 4.69) is 12.2 Å². The molecular weight excluding hydrogens is 273 g/mol. The van der Waals surface area contributed by atoms with E-state index in [1.54, 1.807) is 13.2 Å². The third-order valence-corrected chi connectivity index (χ3v) is 3.25. The van der Waals surface area contributed by atoms with Gasteiger partial charge in [-0.05, 0) is 24.2 Å². The van der Waals surface area contributed by atoms with Crippen molar-refractivity contribution in [2.24, 2.45) is 0 Å². The Morgan fingerprint density at radius 3 is 2.61 bits per heavy atom. The molecule has 102 valence electrons. The van der Waals surface area contributed by atoms with Crippen molar-refractivity contribution in [3.8, 4) is 0 Å². The fourth-order valence-electron chi connectivity index (χ4n) is 1.59. The zero-order valence-corrected chi connectivity index (χ0v) is 12.2. The maximum Gasteiger partial charge on any atom is 0.0701 e. The molecule has 3 nitrogen and oxygen atoms in total. The maximum absolute atomic E-state index is 6.02. The standard InChI is InChI=1S/C13H19Cl2NO2/c1-3-16-13(9-18-7-6-17-2)10-4-5-11(14)12(15)8-10/h4-5,8,13,16H,3,6-7,9H2,1-2H3. The largest absolute Gasteiger partial charge is 0.382 e. The van der Waals surface area contributed by atoms with Gasteiger partial charge in [-0.25, -0.2) is 0 Å². The van der Waals surface area contributed by atoms with Crippen molar-refractivity contribution < 1.29 is 9.47 Å². The van der Waals surface area contributed by atoms with Gasteiger partial charge in [-0.3, -0.25) is 0 Å². The van der Waals surface area contributed by atoms with Crippen LogP contribution in [0.25, 0.3) is 0 Å². The summed E-state index contributed by atoms with van der Waals surface area (Å²) in [7, 11) is 1.66. The van der Waals surface area contributed by atoms with Crippen LogP contribution in [0.2, 0.25) is 10.0 Å². The van der Waals surface area contributed by atoms with Gasteiger partial charge in [0, 0.05) is 7.11 Å². The van der Waals surface area contributed by atoms with Gasteiger partial charge in [0.25, 0.3) is 0 Å². The van der Waals surface area contributed by atoms with E-state index >= 15 is 0 Å². The molecule has 0 radical (unpaired) electrons. The first-order valence-corrected chi connectivity index (χ1v) is 6.69. The van der Waals surface area contributed by atoms with Gasteiger partial charge in [-0.2, -0.15) is 0 Å². The molecule has 0 amide bonds. The summed E-state index contributed by atoms with van der Waals surface area (Å²) in [5.74, 6) is 0. The van der Waals surface area contributed by atoms with Gasteiger partial charge in [-0.15, -0.1) is 0 Å². The molecule has 0 saturated carbocycles. The lowest BCUT2D eigenvalue weighted by Crippen LogP contribution is -2.26. The fraction of sp³-hybridized carbons (Fsp3) is 0.538. The Hall–Kier alpha value is -0.320. The molecule has 1 unspecified atom stereocenters. The molecule has 5 heteroatoms. The minimum atomic E-state index is 0.113. The van der Waals surface area contributed by atoms with Gasteiger partial charge in [0.15, 0.2) is 0 Å². The molecule has 18 heavy (non-hydrogen) atoms. The molecule has 0 aliphatic rings. The lowest BCUT2D eigenvalue weighted by molar-refractivity contribution is 0.0588. The second-order valence-corrected chi connectivity index (χ2v) is 4.67. The molecule has 0 fully saturated rings. The van der Waals surface area contributed by atoms with E-state index in [0.717, 1.165) is 12.1 Å². The summed E-state index contributed by atoms with van der Waals surface area (Å²) in [6, 6.07) is 5.75. The van der Waals surface area contributed by atoms with Crippen molar-refractivity contribution in [2.45, 2.75) is 13.0 Å². The first-order valence-electron chi connectivity index (χ1n) is 5.94. The molecule has 1 aromatic rings. The number of likely N-dealkylation sites (N-methyl/N-ethyl adjacent to an activating group) is 1. The molecule has 0 heterocycles. The van der Waals surface area contributed by atoms with E-state index in [9.17, 15) is 0 Å². The highest BCUT2D eigenvalue weighted by atomic mass is 35.5. The van der Waals surface area contributed by atoms with Gasteiger partial charge in [0.1, 0.15) is 0 Å². The number of hydrogen-bond donors (Lipinski definition) is 1. The van der Waals surface area contributed by atoms with Crippen LogP contribution >= 0.6 is 23.2 Å². The van der Waals surface area contributed by atoms with Crippen molar-refractivity contribution in [1.82, 2.24) is 5.32 Å². The summed E-state index contributed by atoms with van der Waals surface area (Å²) in [6.45, 7) is 4.67. The highest BCUT2D eigenvalue weighted by molar-refractivity contribution is 6.42. The molecule has 1 aromatic carbocycles. The zero-order valence-electron chi connectivity index (χ0n) is 10.7. The average Bonchev–Trinajstić information content (AvgIpc) is 2.37. The third kappa shape index (κ3) is 5.12. The van der Waals surface area contributed by atoms with Gasteiger partial charge in [0.2, 0.25) is 0 Å². The van der Waals surface area contributed by atoms with Crippen molar-refractivity contribution in [2.75, 3.05) is 33.5 Å². The average molecular weight is 292 g/mol. The molecule has 0 saturated heterocycles. The van der Waals surface area contributed by atoms with Crippen LogP contribution in [-0.2, 0) is 9.47 Å². The zero-order chi connectivity index (χ0) is 13.4. The molecule has 0 aromatic heterocycles. The second-order valence-electron chi connectivity index (χ2n) is 3.85. The fourth-order valence-corrected chi connectivity index (χ4v) is 1.90. The molecule has 0 bridgehead atoms. The van der Waals surface area contributed by atoms with Crippen LogP contribution in [0.5, 0.6) is 0 Å². The molecule has 1 atom stereocenters. The van der Waals surface area contributed by atoms with E-state index in [1.807, 2.05) is 12.1 Å². The second kappa shape index (κ2) is 8.73. The van der Waals surface area contributed by atoms with Gasteiger partial charge in [0.05, 0.1) is 35.9 Å². The highest BCUT2D eigenvalue weighted by Gasteiger charge is 2.11. The Kier molecular flexibility index (Phi) is 7.63. The minimum Gasteiger partial charge on any atom is -0.382 e. The number of benzene rings is 1. The van der Waals surface area contributed by atoms with Gasteiger partial charge >= 0.3 is 0 Å². The first-order chi connectivity index (χ1) is 8.69. The van der Waals surface area contributed by atoms with Crippen LogP contribution in [0.3, 0.4) is 0 Å². The summed E-state index contributed by atoms with van der Waals surface area (Å²) < 4.78 is 10.5. The van der Waals surface area contributed by atoms with Crippen LogP contribution < -0.4 is 5.32 Å². The molecular formula is C13H19Cl2NO2. The summed E-state index contributed by atoms with van der Waals surface area (Å²) >= 11 is 11.9. The summed E-state index contributed by atoms with van der Waals surface area (Å²) in [4.78, 5) is 0. The van der Waals surface area contributed by atoms with E-state index in [4.69, 9.17) is 32.7 Å². The molecule has 0 spiro atoms. The number of rotatable bonds is 8. The summed E-state index contributed by atoms with van der Waals surface area (Å²) in [5.41, 5.74) is 1.07. The van der Waals surface area contributed by atoms with Crippen LogP contribution in [-0.4, -0.2) is 33.5 Å². The van der Waals surface area contributed by atoms with Crippen molar-refractivity contribution in [3.05, 3.63) is 33.8 Å². The lowest BCUT2D eigenvalue weighted by atomic mass is 10.1. The van der Waals surface area contributed by atoms with Crippen molar-refractivity contribution >= 4 is 23.2 Å². The molecule has 1 N–H and O–H groups in total.